The van der Waals surface area contributed by atoms with Crippen LogP contribution in [0, 0.1) is 0 Å². The predicted molar refractivity (Wildman–Crippen MR) is 173 cm³/mol. The lowest BCUT2D eigenvalue weighted by Crippen LogP contribution is -2.48. The smallest absolute Gasteiger partial charge is 0.407 e. The number of carbonyl (C=O) groups excluding carboxylic acids is 1. The summed E-state index contributed by atoms with van der Waals surface area (Å²) in [5.74, 6) is -15.8. The molecule has 1 N–H and O–H groups in total. The molecule has 3 nitrogen and oxygen atoms in total. The van der Waals surface area contributed by atoms with E-state index < -0.39 is 44.5 Å². The summed E-state index contributed by atoms with van der Waals surface area (Å²) in [5, 5.41) is 2.67. The van der Waals surface area contributed by atoms with E-state index in [0.717, 1.165) is 5.56 Å². The van der Waals surface area contributed by atoms with E-state index in [4.69, 9.17) is 4.74 Å². The third-order valence-corrected chi connectivity index (χ3v) is 12.6. The molecule has 4 aliphatic rings. The van der Waals surface area contributed by atoms with Gasteiger partial charge in [0.1, 0.15) is 6.61 Å². The minimum atomic E-state index is -5.61. The van der Waals surface area contributed by atoms with Crippen molar-refractivity contribution in [2.45, 2.75) is 54.3 Å². The molecule has 0 saturated heterocycles. The maximum absolute atomic E-state index is 15.6. The van der Waals surface area contributed by atoms with E-state index >= 15 is 26.3 Å². The van der Waals surface area contributed by atoms with Gasteiger partial charge in [-0.25, -0.2) is 4.79 Å². The number of halogens is 6. The monoisotopic (exact) mass is 683 g/mol. The first-order valence-corrected chi connectivity index (χ1v) is 16.4. The van der Waals surface area contributed by atoms with Gasteiger partial charge in [-0.15, -0.1) is 23.5 Å². The predicted octanol–water partition coefficient (Wildman–Crippen LogP) is 10.0. The van der Waals surface area contributed by atoms with E-state index in [9.17, 15) is 4.79 Å². The van der Waals surface area contributed by atoms with Crippen LogP contribution in [0.2, 0.25) is 0 Å². The molecular formula is C36H27F6NO2S2. The SMILES string of the molecule is C[C@@]12SC(c3ccccc3)=CC1=C1C(=C3C=C(c4ccc(COC(=O)NCc5ccccc5)cc4)S[C@]32C)C(F)(F)C(F)(F)C1(F)F. The van der Waals surface area contributed by atoms with Gasteiger partial charge in [-0.1, -0.05) is 84.9 Å². The Labute approximate surface area is 275 Å². The molecule has 0 spiro atoms. The topological polar surface area (TPSA) is 38.3 Å². The molecule has 2 atom stereocenters. The fourth-order valence-corrected chi connectivity index (χ4v) is 9.67. The van der Waals surface area contributed by atoms with E-state index in [1.165, 1.54) is 35.7 Å². The van der Waals surface area contributed by atoms with Crippen LogP contribution in [-0.4, -0.2) is 33.4 Å². The number of benzene rings is 3. The van der Waals surface area contributed by atoms with Crippen molar-refractivity contribution in [1.29, 1.82) is 0 Å². The number of ether oxygens (including phenoxy) is 1. The van der Waals surface area contributed by atoms with E-state index in [2.05, 4.69) is 5.32 Å². The van der Waals surface area contributed by atoms with Crippen LogP contribution in [0.3, 0.4) is 0 Å². The lowest BCUT2D eigenvalue weighted by Gasteiger charge is -2.47. The van der Waals surface area contributed by atoms with Crippen LogP contribution in [0.15, 0.2) is 119 Å². The number of amides is 1. The van der Waals surface area contributed by atoms with Gasteiger partial charge in [0.25, 0.3) is 0 Å². The number of thioether (sulfide) groups is 2. The number of allylic oxidation sites excluding steroid dienone is 4. The Morgan fingerprint density at radius 1 is 0.660 bits per heavy atom. The molecule has 3 aromatic rings. The minimum Gasteiger partial charge on any atom is -0.445 e. The number of fused-ring (bicyclic) bond motifs is 4. The van der Waals surface area contributed by atoms with Crippen LogP contribution in [0.1, 0.15) is 36.1 Å². The van der Waals surface area contributed by atoms with Gasteiger partial charge in [0.05, 0.1) is 9.49 Å². The highest BCUT2D eigenvalue weighted by Gasteiger charge is 2.84. The maximum atomic E-state index is 15.6. The van der Waals surface area contributed by atoms with E-state index in [0.29, 0.717) is 33.0 Å². The summed E-state index contributed by atoms with van der Waals surface area (Å²) in [6.45, 7) is 3.60. The average molecular weight is 684 g/mol. The molecule has 242 valence electrons. The quantitative estimate of drug-likeness (QED) is 0.263. The Balaban J connectivity index is 1.21. The highest BCUT2D eigenvalue weighted by molar-refractivity contribution is 8.14. The molecule has 0 radical (unpaired) electrons. The first-order valence-electron chi connectivity index (χ1n) is 14.8. The molecule has 2 aliphatic heterocycles. The van der Waals surface area contributed by atoms with Crippen molar-refractivity contribution in [2.75, 3.05) is 0 Å². The van der Waals surface area contributed by atoms with Gasteiger partial charge in [0, 0.05) is 27.5 Å². The zero-order valence-corrected chi connectivity index (χ0v) is 26.7. The molecule has 11 heteroatoms. The van der Waals surface area contributed by atoms with E-state index in [1.54, 1.807) is 68.4 Å². The third kappa shape index (κ3) is 4.63. The van der Waals surface area contributed by atoms with Gasteiger partial charge in [-0.05, 0) is 59.4 Å². The number of hydrogen-bond donors (Lipinski definition) is 1. The van der Waals surface area contributed by atoms with Gasteiger partial charge < -0.3 is 10.1 Å². The summed E-state index contributed by atoms with van der Waals surface area (Å²) in [5.41, 5.74) is -0.170. The van der Waals surface area contributed by atoms with Crippen LogP contribution in [0.5, 0.6) is 0 Å². The number of hydrogen-bond acceptors (Lipinski definition) is 4. The standard InChI is InChI=1S/C36H27F6NO2S2/c1-32-25(17-27(46-32)23-11-7-4-8-12-23)29-30(35(39,40)36(41,42)34(29,37)38)26-18-28(47-33(26,32)2)24-15-13-22(14-16-24)20-45-31(44)43-19-21-9-5-3-6-10-21/h3-18H,19-20H2,1-2H3,(H,43,44)/t32-,33-/m1/s1. The van der Waals surface area contributed by atoms with Gasteiger partial charge >= 0.3 is 23.9 Å². The summed E-state index contributed by atoms with van der Waals surface area (Å²) in [7, 11) is 0. The zero-order valence-electron chi connectivity index (χ0n) is 25.1. The lowest BCUT2D eigenvalue weighted by molar-refractivity contribution is -0.258. The molecule has 0 unspecified atom stereocenters. The van der Waals surface area contributed by atoms with Crippen molar-refractivity contribution < 1.29 is 35.9 Å². The average Bonchev–Trinajstić information content (AvgIpc) is 3.64. The highest BCUT2D eigenvalue weighted by atomic mass is 32.2. The molecule has 7 rings (SSSR count). The zero-order chi connectivity index (χ0) is 33.4. The number of alkyl halides is 6. The fraction of sp³-hybridized carbons (Fsp3) is 0.250. The largest absolute Gasteiger partial charge is 0.445 e. The van der Waals surface area contributed by atoms with Gasteiger partial charge in [0.15, 0.2) is 0 Å². The molecule has 0 aromatic heterocycles. The molecule has 47 heavy (non-hydrogen) atoms. The molecule has 1 amide bonds. The van der Waals surface area contributed by atoms with Gasteiger partial charge in [-0.3, -0.25) is 0 Å². The molecule has 3 aromatic carbocycles. The Morgan fingerprint density at radius 2 is 1.13 bits per heavy atom. The van der Waals surface area contributed by atoms with E-state index in [1.807, 2.05) is 30.3 Å². The number of carbonyl (C=O) groups is 1. The Hall–Kier alpha value is -3.83. The Morgan fingerprint density at radius 3 is 1.64 bits per heavy atom. The maximum Gasteiger partial charge on any atom is 0.407 e. The molecule has 1 saturated carbocycles. The second-order valence-electron chi connectivity index (χ2n) is 12.1. The van der Waals surface area contributed by atoms with Gasteiger partial charge in [-0.2, -0.15) is 26.3 Å². The number of rotatable bonds is 6. The van der Waals surface area contributed by atoms with Crippen molar-refractivity contribution >= 4 is 39.4 Å². The summed E-state index contributed by atoms with van der Waals surface area (Å²) in [6.07, 6.45) is 2.14. The van der Waals surface area contributed by atoms with E-state index in [-0.39, 0.29) is 17.8 Å². The van der Waals surface area contributed by atoms with Crippen LogP contribution >= 0.6 is 23.5 Å². The van der Waals surface area contributed by atoms with Crippen molar-refractivity contribution in [2.24, 2.45) is 0 Å². The Kier molecular flexibility index (Phi) is 7.33. The summed E-state index contributed by atoms with van der Waals surface area (Å²) < 4.78 is 95.2. The van der Waals surface area contributed by atoms with Crippen molar-refractivity contribution in [3.05, 3.63) is 142 Å². The first-order chi connectivity index (χ1) is 22.2. The highest BCUT2D eigenvalue weighted by Crippen LogP contribution is 2.75. The van der Waals surface area contributed by atoms with Crippen LogP contribution in [0.25, 0.3) is 9.81 Å². The minimum absolute atomic E-state index is 0.0320. The number of nitrogens with one attached hydrogen (secondary N) is 1. The fourth-order valence-electron chi connectivity index (χ4n) is 6.53. The number of alkyl carbamates (subject to hydrolysis) is 1. The third-order valence-electron chi connectivity index (χ3n) is 9.27. The molecular weight excluding hydrogens is 657 g/mol. The summed E-state index contributed by atoms with van der Waals surface area (Å²) >= 11 is 2.42. The molecule has 0 bridgehead atoms. The summed E-state index contributed by atoms with van der Waals surface area (Å²) in [6, 6.07) is 25.0. The van der Waals surface area contributed by atoms with Gasteiger partial charge in [0.2, 0.25) is 0 Å². The van der Waals surface area contributed by atoms with Crippen molar-refractivity contribution in [1.82, 2.24) is 5.32 Å². The second kappa shape index (κ2) is 10.8. The van der Waals surface area contributed by atoms with Crippen LogP contribution in [-0.2, 0) is 17.9 Å². The van der Waals surface area contributed by atoms with Crippen molar-refractivity contribution in [3.8, 4) is 0 Å². The molecule has 2 heterocycles. The Bertz CT molecular complexity index is 1900. The second-order valence-corrected chi connectivity index (χ2v) is 15.0. The van der Waals surface area contributed by atoms with Crippen LogP contribution in [0.4, 0.5) is 31.1 Å². The summed E-state index contributed by atoms with van der Waals surface area (Å²) in [4.78, 5) is 13.2. The normalized spacial score (nSPS) is 26.3. The molecule has 1 fully saturated rings. The van der Waals surface area contributed by atoms with Crippen LogP contribution < -0.4 is 5.32 Å². The van der Waals surface area contributed by atoms with Crippen molar-refractivity contribution in [3.63, 3.8) is 0 Å². The lowest BCUT2D eigenvalue weighted by atomic mass is 9.71. The first kappa shape index (κ1) is 31.8. The molecule has 2 aliphatic carbocycles.